The zero-order valence-corrected chi connectivity index (χ0v) is 11.7. The third-order valence-electron chi connectivity index (χ3n) is 4.70. The van der Waals surface area contributed by atoms with Crippen molar-refractivity contribution in [3.8, 4) is 0 Å². The van der Waals surface area contributed by atoms with E-state index in [0.717, 1.165) is 44.6 Å². The Morgan fingerprint density at radius 2 is 2.05 bits per heavy atom. The summed E-state index contributed by atoms with van der Waals surface area (Å²) in [4.78, 5) is 18.6. The van der Waals surface area contributed by atoms with Gasteiger partial charge in [0.15, 0.2) is 5.82 Å². The van der Waals surface area contributed by atoms with E-state index in [1.54, 1.807) is 0 Å². The number of carbonyl (C=O) groups excluding carboxylic acids is 1. The summed E-state index contributed by atoms with van der Waals surface area (Å²) in [6, 6.07) is 0. The first-order valence-electron chi connectivity index (χ1n) is 7.18. The molecule has 5 heteroatoms. The summed E-state index contributed by atoms with van der Waals surface area (Å²) in [5.41, 5.74) is -0.0475. The predicted octanol–water partition coefficient (Wildman–Crippen LogP) is 2.06. The lowest BCUT2D eigenvalue weighted by molar-refractivity contribution is -0.139. The summed E-state index contributed by atoms with van der Waals surface area (Å²) in [7, 11) is 0. The first-order chi connectivity index (χ1) is 9.08. The van der Waals surface area contributed by atoms with Gasteiger partial charge >= 0.3 is 0 Å². The van der Waals surface area contributed by atoms with Crippen molar-refractivity contribution in [2.24, 2.45) is 5.92 Å². The van der Waals surface area contributed by atoms with Crippen molar-refractivity contribution < 1.29 is 9.32 Å². The van der Waals surface area contributed by atoms with E-state index >= 15 is 0 Å². The number of nitrogens with zero attached hydrogens (tertiary/aromatic N) is 3. The van der Waals surface area contributed by atoms with Crippen LogP contribution in [0.5, 0.6) is 0 Å². The lowest BCUT2D eigenvalue weighted by atomic mass is 9.78. The maximum atomic E-state index is 12.2. The number of piperidine rings is 1. The van der Waals surface area contributed by atoms with Crippen LogP contribution in [0.15, 0.2) is 4.52 Å². The molecule has 2 fully saturated rings. The van der Waals surface area contributed by atoms with Gasteiger partial charge in [0, 0.05) is 31.3 Å². The minimum absolute atomic E-state index is 0.0475. The minimum Gasteiger partial charge on any atom is -0.342 e. The van der Waals surface area contributed by atoms with Crippen LogP contribution in [0.3, 0.4) is 0 Å². The highest BCUT2D eigenvalue weighted by molar-refractivity contribution is 5.79. The number of hydrogen-bond acceptors (Lipinski definition) is 4. The normalized spacial score (nSPS) is 23.2. The number of carbonyl (C=O) groups is 1. The van der Waals surface area contributed by atoms with Crippen LogP contribution in [-0.4, -0.2) is 34.0 Å². The molecule has 2 heterocycles. The van der Waals surface area contributed by atoms with Crippen LogP contribution >= 0.6 is 0 Å². The number of amides is 1. The van der Waals surface area contributed by atoms with Gasteiger partial charge < -0.3 is 9.42 Å². The van der Waals surface area contributed by atoms with E-state index in [0.29, 0.717) is 17.7 Å². The lowest BCUT2D eigenvalue weighted by Gasteiger charge is -2.40. The maximum absolute atomic E-state index is 12.2. The zero-order valence-electron chi connectivity index (χ0n) is 11.7. The molecule has 5 nitrogen and oxygen atoms in total. The molecule has 0 unspecified atom stereocenters. The Morgan fingerprint density at radius 3 is 2.53 bits per heavy atom. The number of hydrogen-bond donors (Lipinski definition) is 0. The molecule has 19 heavy (non-hydrogen) atoms. The Kier molecular flexibility index (Phi) is 3.07. The van der Waals surface area contributed by atoms with Crippen molar-refractivity contribution in [1.82, 2.24) is 15.0 Å². The highest BCUT2D eigenvalue weighted by atomic mass is 16.5. The maximum Gasteiger partial charge on any atom is 0.225 e. The largest absolute Gasteiger partial charge is 0.342 e. The first kappa shape index (κ1) is 12.6. The van der Waals surface area contributed by atoms with E-state index in [-0.39, 0.29) is 5.41 Å². The van der Waals surface area contributed by atoms with Crippen molar-refractivity contribution in [2.45, 2.75) is 51.4 Å². The highest BCUT2D eigenvalue weighted by Gasteiger charge is 2.39. The molecule has 0 aromatic carbocycles. The summed E-state index contributed by atoms with van der Waals surface area (Å²) in [5.74, 6) is 2.07. The molecule has 1 aliphatic carbocycles. The molecule has 1 saturated heterocycles. The Balaban J connectivity index is 1.63. The molecular formula is C14H21N3O2. The van der Waals surface area contributed by atoms with Crippen molar-refractivity contribution in [3.63, 3.8) is 0 Å². The lowest BCUT2D eigenvalue weighted by Crippen LogP contribution is -2.47. The molecular weight excluding hydrogens is 242 g/mol. The second-order valence-corrected chi connectivity index (χ2v) is 6.15. The molecule has 1 amide bonds. The van der Waals surface area contributed by atoms with E-state index in [1.807, 2.05) is 11.8 Å². The number of rotatable bonds is 2. The molecule has 0 atom stereocenters. The summed E-state index contributed by atoms with van der Waals surface area (Å²) in [5, 5.41) is 4.05. The molecule has 2 aliphatic rings. The van der Waals surface area contributed by atoms with Crippen LogP contribution in [0.25, 0.3) is 0 Å². The van der Waals surface area contributed by atoms with Crippen LogP contribution < -0.4 is 0 Å². The summed E-state index contributed by atoms with van der Waals surface area (Å²) in [6.07, 6.45) is 5.21. The smallest absolute Gasteiger partial charge is 0.225 e. The Hall–Kier alpha value is -1.39. The van der Waals surface area contributed by atoms with Crippen molar-refractivity contribution >= 4 is 5.91 Å². The summed E-state index contributed by atoms with van der Waals surface area (Å²) >= 11 is 0. The average Bonchev–Trinajstić information content (AvgIpc) is 2.75. The van der Waals surface area contributed by atoms with Gasteiger partial charge in [-0.2, -0.15) is 4.98 Å². The topological polar surface area (TPSA) is 59.2 Å². The monoisotopic (exact) mass is 263 g/mol. The van der Waals surface area contributed by atoms with Crippen LogP contribution in [0.1, 0.15) is 50.7 Å². The molecule has 0 bridgehead atoms. The minimum atomic E-state index is -0.0475. The molecule has 0 N–H and O–H groups in total. The summed E-state index contributed by atoms with van der Waals surface area (Å²) in [6.45, 7) is 5.62. The third-order valence-corrected chi connectivity index (χ3v) is 4.70. The Labute approximate surface area is 113 Å². The van der Waals surface area contributed by atoms with Crippen molar-refractivity contribution in [3.05, 3.63) is 11.7 Å². The standard InChI is InChI=1S/C14H21N3O2/c1-10-15-13(16-19-10)14(2)6-8-17(9-7-14)12(18)11-4-3-5-11/h11H,3-9H2,1-2H3. The quantitative estimate of drug-likeness (QED) is 0.819. The molecule has 1 aromatic rings. The van der Waals surface area contributed by atoms with E-state index in [2.05, 4.69) is 17.1 Å². The Bertz CT molecular complexity index is 471. The highest BCUT2D eigenvalue weighted by Crippen LogP contribution is 2.35. The van der Waals surface area contributed by atoms with Gasteiger partial charge in [0.25, 0.3) is 0 Å². The summed E-state index contributed by atoms with van der Waals surface area (Å²) < 4.78 is 5.08. The number of aryl methyl sites for hydroxylation is 1. The molecule has 0 spiro atoms. The third kappa shape index (κ3) is 2.26. The molecule has 0 radical (unpaired) electrons. The van der Waals surface area contributed by atoms with E-state index in [9.17, 15) is 4.79 Å². The van der Waals surface area contributed by atoms with Gasteiger partial charge in [-0.15, -0.1) is 0 Å². The van der Waals surface area contributed by atoms with E-state index < -0.39 is 0 Å². The van der Waals surface area contributed by atoms with E-state index in [1.165, 1.54) is 6.42 Å². The van der Waals surface area contributed by atoms with Gasteiger partial charge in [-0.25, -0.2) is 0 Å². The van der Waals surface area contributed by atoms with Gasteiger partial charge in [0.1, 0.15) is 0 Å². The van der Waals surface area contributed by atoms with Crippen molar-refractivity contribution in [1.29, 1.82) is 0 Å². The molecule has 1 aromatic heterocycles. The molecule has 104 valence electrons. The SMILES string of the molecule is Cc1nc(C2(C)CCN(C(=O)C3CCC3)CC2)no1. The van der Waals surface area contributed by atoms with E-state index in [4.69, 9.17) is 4.52 Å². The van der Waals surface area contributed by atoms with Crippen LogP contribution in [0.2, 0.25) is 0 Å². The first-order valence-corrected chi connectivity index (χ1v) is 7.18. The fourth-order valence-electron chi connectivity index (χ4n) is 2.90. The second-order valence-electron chi connectivity index (χ2n) is 6.15. The fourth-order valence-corrected chi connectivity index (χ4v) is 2.90. The fraction of sp³-hybridized carbons (Fsp3) is 0.786. The second kappa shape index (κ2) is 4.62. The average molecular weight is 263 g/mol. The number of aromatic nitrogens is 2. The molecule has 1 aliphatic heterocycles. The van der Waals surface area contributed by atoms with Gasteiger partial charge in [-0.1, -0.05) is 18.5 Å². The number of likely N-dealkylation sites (tertiary alicyclic amines) is 1. The molecule has 3 rings (SSSR count). The van der Waals surface area contributed by atoms with Crippen LogP contribution in [-0.2, 0) is 10.2 Å². The van der Waals surface area contributed by atoms with Crippen molar-refractivity contribution in [2.75, 3.05) is 13.1 Å². The predicted molar refractivity (Wildman–Crippen MR) is 69.5 cm³/mol. The zero-order chi connectivity index (χ0) is 13.5. The van der Waals surface area contributed by atoms with Gasteiger partial charge in [-0.3, -0.25) is 4.79 Å². The van der Waals surface area contributed by atoms with Gasteiger partial charge in [0.05, 0.1) is 0 Å². The van der Waals surface area contributed by atoms with Crippen LogP contribution in [0, 0.1) is 12.8 Å². The molecule has 1 saturated carbocycles. The Morgan fingerprint density at radius 1 is 1.37 bits per heavy atom. The van der Waals surface area contributed by atoms with Gasteiger partial charge in [-0.05, 0) is 25.7 Å². The van der Waals surface area contributed by atoms with Gasteiger partial charge in [0.2, 0.25) is 11.8 Å². The van der Waals surface area contributed by atoms with Crippen LogP contribution in [0.4, 0.5) is 0 Å².